The second kappa shape index (κ2) is 4.98. The predicted molar refractivity (Wildman–Crippen MR) is 79.3 cm³/mol. The minimum absolute atomic E-state index is 0.458. The fourth-order valence-corrected chi connectivity index (χ4v) is 2.05. The van der Waals surface area contributed by atoms with E-state index in [-0.39, 0.29) is 0 Å². The van der Waals surface area contributed by atoms with Crippen LogP contribution in [0.15, 0.2) is 47.0 Å². The topological polar surface area (TPSA) is 64.9 Å². The zero-order valence-corrected chi connectivity index (χ0v) is 11.6. The van der Waals surface area contributed by atoms with Gasteiger partial charge in [0, 0.05) is 21.8 Å². The number of hydrogen-bond donors (Lipinski definition) is 1. The maximum absolute atomic E-state index is 5.86. The van der Waals surface area contributed by atoms with Crippen LogP contribution in [-0.4, -0.2) is 10.1 Å². The normalized spacial score (nSPS) is 10.7. The molecule has 0 fully saturated rings. The van der Waals surface area contributed by atoms with Gasteiger partial charge in [0.15, 0.2) is 0 Å². The molecular formula is C15H12ClN3O. The van der Waals surface area contributed by atoms with Gasteiger partial charge in [0.2, 0.25) is 5.82 Å². The lowest BCUT2D eigenvalue weighted by atomic mass is 10.1. The van der Waals surface area contributed by atoms with Gasteiger partial charge in [-0.2, -0.15) is 4.98 Å². The largest absolute Gasteiger partial charge is 0.399 e. The molecule has 0 unspecified atom stereocenters. The van der Waals surface area contributed by atoms with Crippen molar-refractivity contribution >= 4 is 17.3 Å². The van der Waals surface area contributed by atoms with Crippen molar-refractivity contribution in [3.63, 3.8) is 0 Å². The van der Waals surface area contributed by atoms with E-state index < -0.39 is 0 Å². The smallest absolute Gasteiger partial charge is 0.258 e. The van der Waals surface area contributed by atoms with E-state index in [4.69, 9.17) is 21.9 Å². The molecule has 1 aromatic heterocycles. The van der Waals surface area contributed by atoms with E-state index in [9.17, 15) is 0 Å². The maximum atomic E-state index is 5.86. The lowest BCUT2D eigenvalue weighted by molar-refractivity contribution is 0.432. The summed E-state index contributed by atoms with van der Waals surface area (Å²) in [5, 5.41) is 4.66. The Bertz CT molecular complexity index is 750. The van der Waals surface area contributed by atoms with E-state index in [0.717, 1.165) is 16.7 Å². The zero-order chi connectivity index (χ0) is 14.1. The quantitative estimate of drug-likeness (QED) is 0.724. The molecule has 0 atom stereocenters. The first-order chi connectivity index (χ1) is 9.63. The number of hydrogen-bond acceptors (Lipinski definition) is 4. The average molecular weight is 286 g/mol. The average Bonchev–Trinajstić information content (AvgIpc) is 2.92. The molecule has 0 aliphatic heterocycles. The standard InChI is InChI=1S/C15H12ClN3O/c1-9-2-7-12(17)8-13(9)15-18-14(19-20-15)10-3-5-11(16)6-4-10/h2-8H,17H2,1H3. The summed E-state index contributed by atoms with van der Waals surface area (Å²) in [5.41, 5.74) is 9.19. The number of aromatic nitrogens is 2. The lowest BCUT2D eigenvalue weighted by Crippen LogP contribution is -1.89. The highest BCUT2D eigenvalue weighted by Gasteiger charge is 2.12. The highest BCUT2D eigenvalue weighted by atomic mass is 35.5. The summed E-state index contributed by atoms with van der Waals surface area (Å²) in [7, 11) is 0. The second-order valence-electron chi connectivity index (χ2n) is 4.50. The molecule has 20 heavy (non-hydrogen) atoms. The Labute approximate surface area is 121 Å². The van der Waals surface area contributed by atoms with Crippen LogP contribution >= 0.6 is 11.6 Å². The lowest BCUT2D eigenvalue weighted by Gasteiger charge is -2.01. The van der Waals surface area contributed by atoms with Crippen molar-refractivity contribution in [1.29, 1.82) is 0 Å². The van der Waals surface area contributed by atoms with Crippen molar-refractivity contribution in [2.75, 3.05) is 5.73 Å². The molecule has 3 aromatic rings. The van der Waals surface area contributed by atoms with Crippen LogP contribution in [0.25, 0.3) is 22.8 Å². The first-order valence-corrected chi connectivity index (χ1v) is 6.47. The molecule has 0 bridgehead atoms. The van der Waals surface area contributed by atoms with Gasteiger partial charge < -0.3 is 10.3 Å². The van der Waals surface area contributed by atoms with Gasteiger partial charge in [-0.1, -0.05) is 22.8 Å². The number of anilines is 1. The first-order valence-electron chi connectivity index (χ1n) is 6.09. The van der Waals surface area contributed by atoms with Crippen LogP contribution in [0.3, 0.4) is 0 Å². The maximum Gasteiger partial charge on any atom is 0.258 e. The number of nitrogen functional groups attached to an aromatic ring is 1. The highest BCUT2D eigenvalue weighted by Crippen LogP contribution is 2.26. The molecule has 3 rings (SSSR count). The molecule has 5 heteroatoms. The van der Waals surface area contributed by atoms with Crippen LogP contribution < -0.4 is 5.73 Å². The molecule has 2 aromatic carbocycles. The van der Waals surface area contributed by atoms with Crippen molar-refractivity contribution in [2.45, 2.75) is 6.92 Å². The molecule has 0 spiro atoms. The van der Waals surface area contributed by atoms with E-state index in [2.05, 4.69) is 10.1 Å². The summed E-state index contributed by atoms with van der Waals surface area (Å²) in [4.78, 5) is 4.41. The Hall–Kier alpha value is -2.33. The van der Waals surface area contributed by atoms with Crippen molar-refractivity contribution in [1.82, 2.24) is 10.1 Å². The van der Waals surface area contributed by atoms with E-state index in [0.29, 0.717) is 22.4 Å². The highest BCUT2D eigenvalue weighted by molar-refractivity contribution is 6.30. The molecule has 0 saturated carbocycles. The van der Waals surface area contributed by atoms with Crippen molar-refractivity contribution in [2.24, 2.45) is 0 Å². The second-order valence-corrected chi connectivity index (χ2v) is 4.94. The van der Waals surface area contributed by atoms with Gasteiger partial charge in [0.1, 0.15) is 0 Å². The van der Waals surface area contributed by atoms with Gasteiger partial charge in [-0.05, 0) is 48.9 Å². The van der Waals surface area contributed by atoms with Gasteiger partial charge in [-0.3, -0.25) is 0 Å². The third-order valence-electron chi connectivity index (χ3n) is 3.02. The number of aryl methyl sites for hydroxylation is 1. The monoisotopic (exact) mass is 285 g/mol. The Morgan fingerprint density at radius 2 is 1.85 bits per heavy atom. The van der Waals surface area contributed by atoms with Gasteiger partial charge in [0.25, 0.3) is 5.89 Å². The van der Waals surface area contributed by atoms with Crippen LogP contribution in [0.1, 0.15) is 5.56 Å². The van der Waals surface area contributed by atoms with Crippen molar-refractivity contribution in [3.05, 3.63) is 53.1 Å². The fourth-order valence-electron chi connectivity index (χ4n) is 1.92. The van der Waals surface area contributed by atoms with Gasteiger partial charge >= 0.3 is 0 Å². The SMILES string of the molecule is Cc1ccc(N)cc1-c1nc(-c2ccc(Cl)cc2)no1. The summed E-state index contributed by atoms with van der Waals surface area (Å²) in [6.07, 6.45) is 0. The predicted octanol–water partition coefficient (Wildman–Crippen LogP) is 3.95. The molecule has 100 valence electrons. The number of benzene rings is 2. The van der Waals surface area contributed by atoms with E-state index in [1.54, 1.807) is 12.1 Å². The van der Waals surface area contributed by atoms with Crippen LogP contribution in [0, 0.1) is 6.92 Å². The van der Waals surface area contributed by atoms with E-state index in [1.165, 1.54) is 0 Å². The molecule has 0 saturated heterocycles. The molecule has 2 N–H and O–H groups in total. The van der Waals surface area contributed by atoms with E-state index >= 15 is 0 Å². The first kappa shape index (κ1) is 12.7. The van der Waals surface area contributed by atoms with Gasteiger partial charge in [0.05, 0.1) is 0 Å². The van der Waals surface area contributed by atoms with Crippen molar-refractivity contribution in [3.8, 4) is 22.8 Å². The third-order valence-corrected chi connectivity index (χ3v) is 3.27. The zero-order valence-electron chi connectivity index (χ0n) is 10.8. The molecular weight excluding hydrogens is 274 g/mol. The molecule has 0 amide bonds. The molecule has 0 aliphatic carbocycles. The van der Waals surface area contributed by atoms with Crippen LogP contribution in [-0.2, 0) is 0 Å². The minimum Gasteiger partial charge on any atom is -0.399 e. The number of rotatable bonds is 2. The number of nitrogens with zero attached hydrogens (tertiary/aromatic N) is 2. The minimum atomic E-state index is 0.458. The van der Waals surface area contributed by atoms with Crippen molar-refractivity contribution < 1.29 is 4.52 Å². The molecule has 0 aliphatic rings. The Balaban J connectivity index is 2.01. The summed E-state index contributed by atoms with van der Waals surface area (Å²) >= 11 is 5.86. The number of nitrogens with two attached hydrogens (primary N) is 1. The molecule has 0 radical (unpaired) electrons. The van der Waals surface area contributed by atoms with Crippen LogP contribution in [0.2, 0.25) is 5.02 Å². The van der Waals surface area contributed by atoms with Crippen LogP contribution in [0.4, 0.5) is 5.69 Å². The molecule has 1 heterocycles. The fraction of sp³-hybridized carbons (Fsp3) is 0.0667. The summed E-state index contributed by atoms with van der Waals surface area (Å²) < 4.78 is 5.32. The van der Waals surface area contributed by atoms with Gasteiger partial charge in [-0.15, -0.1) is 0 Å². The van der Waals surface area contributed by atoms with Gasteiger partial charge in [-0.25, -0.2) is 0 Å². The Morgan fingerprint density at radius 1 is 1.10 bits per heavy atom. The summed E-state index contributed by atoms with van der Waals surface area (Å²) in [6, 6.07) is 12.9. The molecule has 4 nitrogen and oxygen atoms in total. The number of halogens is 1. The third kappa shape index (κ3) is 2.38. The van der Waals surface area contributed by atoms with E-state index in [1.807, 2.05) is 37.3 Å². The summed E-state index contributed by atoms with van der Waals surface area (Å²) in [5.74, 6) is 0.984. The Kier molecular flexibility index (Phi) is 3.16. The summed E-state index contributed by atoms with van der Waals surface area (Å²) in [6.45, 7) is 1.97. The van der Waals surface area contributed by atoms with Crippen LogP contribution in [0.5, 0.6) is 0 Å². The Morgan fingerprint density at radius 3 is 2.60 bits per heavy atom.